The van der Waals surface area contributed by atoms with E-state index in [1.807, 2.05) is 60.8 Å². The Labute approximate surface area is 155 Å². The molecule has 26 heavy (non-hydrogen) atoms. The van der Waals surface area contributed by atoms with E-state index >= 15 is 0 Å². The molecule has 0 aliphatic heterocycles. The minimum absolute atomic E-state index is 0.0929. The summed E-state index contributed by atoms with van der Waals surface area (Å²) < 4.78 is 0. The van der Waals surface area contributed by atoms with E-state index in [9.17, 15) is 4.79 Å². The van der Waals surface area contributed by atoms with Gasteiger partial charge in [0, 0.05) is 29.9 Å². The van der Waals surface area contributed by atoms with Crippen molar-refractivity contribution >= 4 is 28.1 Å². The van der Waals surface area contributed by atoms with E-state index in [1.165, 1.54) is 0 Å². The van der Waals surface area contributed by atoms with Gasteiger partial charge in [-0.2, -0.15) is 0 Å². The van der Waals surface area contributed by atoms with Crippen molar-refractivity contribution in [3.8, 4) is 10.6 Å². The predicted octanol–water partition coefficient (Wildman–Crippen LogP) is 4.60. The summed E-state index contributed by atoms with van der Waals surface area (Å²) in [7, 11) is 0. The summed E-state index contributed by atoms with van der Waals surface area (Å²) in [6.07, 6.45) is 3.56. The van der Waals surface area contributed by atoms with Crippen molar-refractivity contribution in [3.63, 3.8) is 0 Å². The van der Waals surface area contributed by atoms with Crippen LogP contribution in [0.4, 0.5) is 0 Å². The van der Waals surface area contributed by atoms with Crippen molar-refractivity contribution in [3.05, 3.63) is 83.0 Å². The number of nitrogens with zero attached hydrogens (tertiary/aromatic N) is 2. The number of benzene rings is 1. The average Bonchev–Trinajstić information content (AvgIpc) is 3.21. The van der Waals surface area contributed by atoms with Crippen LogP contribution in [0.15, 0.2) is 66.3 Å². The minimum atomic E-state index is -0.0929. The molecule has 0 fully saturated rings. The number of aryl methyl sites for hydroxylation is 1. The zero-order valence-corrected chi connectivity index (χ0v) is 15.1. The Kier molecular flexibility index (Phi) is 4.46. The number of rotatable bonds is 4. The third kappa shape index (κ3) is 3.34. The standard InChI is InChI=1S/C21H17N3OS/c1-14-6-8-22-18-5-4-16(12-17(14)18)21(25)24-13-15-7-9-23-19(11-15)20-3-2-10-26-20/h2-12H,13H2,1H3,(H,24,25). The highest BCUT2D eigenvalue weighted by Gasteiger charge is 2.09. The van der Waals surface area contributed by atoms with Crippen LogP contribution in [-0.2, 0) is 6.54 Å². The molecule has 0 saturated heterocycles. The molecule has 0 atom stereocenters. The number of aromatic nitrogens is 2. The van der Waals surface area contributed by atoms with Gasteiger partial charge in [-0.3, -0.25) is 14.8 Å². The van der Waals surface area contributed by atoms with E-state index in [-0.39, 0.29) is 5.91 Å². The minimum Gasteiger partial charge on any atom is -0.348 e. The first kappa shape index (κ1) is 16.4. The van der Waals surface area contributed by atoms with Gasteiger partial charge in [-0.05, 0) is 65.9 Å². The summed E-state index contributed by atoms with van der Waals surface area (Å²) in [5.74, 6) is -0.0929. The fourth-order valence-corrected chi connectivity index (χ4v) is 3.55. The average molecular weight is 359 g/mol. The summed E-state index contributed by atoms with van der Waals surface area (Å²) in [5.41, 5.74) is 4.60. The van der Waals surface area contributed by atoms with Gasteiger partial charge in [0.1, 0.15) is 0 Å². The smallest absolute Gasteiger partial charge is 0.251 e. The van der Waals surface area contributed by atoms with Gasteiger partial charge in [0.15, 0.2) is 0 Å². The lowest BCUT2D eigenvalue weighted by atomic mass is 10.1. The molecule has 3 heterocycles. The number of carbonyl (C=O) groups is 1. The van der Waals surface area contributed by atoms with E-state index < -0.39 is 0 Å². The van der Waals surface area contributed by atoms with Crippen molar-refractivity contribution in [2.75, 3.05) is 0 Å². The number of hydrogen-bond donors (Lipinski definition) is 1. The summed E-state index contributed by atoms with van der Waals surface area (Å²) in [5, 5.41) is 6.02. The molecule has 0 saturated carbocycles. The largest absolute Gasteiger partial charge is 0.348 e. The number of fused-ring (bicyclic) bond motifs is 1. The highest BCUT2D eigenvalue weighted by molar-refractivity contribution is 7.13. The number of nitrogens with one attached hydrogen (secondary N) is 1. The van der Waals surface area contributed by atoms with Crippen LogP contribution in [0.2, 0.25) is 0 Å². The second kappa shape index (κ2) is 7.06. The van der Waals surface area contributed by atoms with Gasteiger partial charge < -0.3 is 5.32 Å². The van der Waals surface area contributed by atoms with Crippen molar-refractivity contribution in [2.24, 2.45) is 0 Å². The van der Waals surface area contributed by atoms with Gasteiger partial charge in [0.25, 0.3) is 5.91 Å². The van der Waals surface area contributed by atoms with Crippen LogP contribution in [-0.4, -0.2) is 15.9 Å². The lowest BCUT2D eigenvalue weighted by Crippen LogP contribution is -2.22. The lowest BCUT2D eigenvalue weighted by molar-refractivity contribution is 0.0951. The topological polar surface area (TPSA) is 54.9 Å². The summed E-state index contributed by atoms with van der Waals surface area (Å²) in [4.78, 5) is 22.4. The van der Waals surface area contributed by atoms with Crippen LogP contribution in [0.3, 0.4) is 0 Å². The maximum absolute atomic E-state index is 12.5. The van der Waals surface area contributed by atoms with Crippen molar-refractivity contribution in [1.82, 2.24) is 15.3 Å². The van der Waals surface area contributed by atoms with Crippen LogP contribution < -0.4 is 5.32 Å². The van der Waals surface area contributed by atoms with E-state index in [0.717, 1.165) is 32.6 Å². The zero-order valence-electron chi connectivity index (χ0n) is 14.3. The number of thiophene rings is 1. The van der Waals surface area contributed by atoms with Crippen molar-refractivity contribution < 1.29 is 4.79 Å². The Balaban J connectivity index is 1.51. The van der Waals surface area contributed by atoms with Crippen LogP contribution in [0.5, 0.6) is 0 Å². The highest BCUT2D eigenvalue weighted by Crippen LogP contribution is 2.23. The first-order valence-corrected chi connectivity index (χ1v) is 9.21. The molecule has 0 spiro atoms. The first-order valence-electron chi connectivity index (χ1n) is 8.33. The van der Waals surface area contributed by atoms with Gasteiger partial charge in [0.2, 0.25) is 0 Å². The molecular formula is C21H17N3OS. The maximum Gasteiger partial charge on any atom is 0.251 e. The molecule has 1 aromatic carbocycles. The second-order valence-corrected chi connectivity index (χ2v) is 7.02. The number of carbonyl (C=O) groups excluding carboxylic acids is 1. The van der Waals surface area contributed by atoms with E-state index in [0.29, 0.717) is 12.1 Å². The monoisotopic (exact) mass is 359 g/mol. The normalized spacial score (nSPS) is 10.8. The molecule has 5 heteroatoms. The molecule has 0 bridgehead atoms. The molecule has 0 radical (unpaired) electrons. The summed E-state index contributed by atoms with van der Waals surface area (Å²) in [6.45, 7) is 2.48. The molecule has 4 aromatic rings. The third-order valence-corrected chi connectivity index (χ3v) is 5.17. The van der Waals surface area contributed by atoms with Crippen LogP contribution >= 0.6 is 11.3 Å². The number of hydrogen-bond acceptors (Lipinski definition) is 4. The van der Waals surface area contributed by atoms with Gasteiger partial charge in [-0.1, -0.05) is 6.07 Å². The summed E-state index contributed by atoms with van der Waals surface area (Å²) >= 11 is 1.65. The van der Waals surface area contributed by atoms with Gasteiger partial charge in [0.05, 0.1) is 16.1 Å². The molecule has 128 valence electrons. The van der Waals surface area contributed by atoms with Crippen molar-refractivity contribution in [1.29, 1.82) is 0 Å². The third-order valence-electron chi connectivity index (χ3n) is 4.27. The molecular weight excluding hydrogens is 342 g/mol. The molecule has 0 unspecified atom stereocenters. The SMILES string of the molecule is Cc1ccnc2ccc(C(=O)NCc3ccnc(-c4cccs4)c3)cc12. The highest BCUT2D eigenvalue weighted by atomic mass is 32.1. The number of pyridine rings is 2. The predicted molar refractivity (Wildman–Crippen MR) is 105 cm³/mol. The molecule has 1 amide bonds. The Morgan fingerprint density at radius 3 is 2.81 bits per heavy atom. The zero-order chi connectivity index (χ0) is 17.9. The molecule has 0 aliphatic carbocycles. The van der Waals surface area contributed by atoms with Gasteiger partial charge in [-0.25, -0.2) is 0 Å². The molecule has 1 N–H and O–H groups in total. The molecule has 4 nitrogen and oxygen atoms in total. The Hall–Kier alpha value is -3.05. The van der Waals surface area contributed by atoms with E-state index in [1.54, 1.807) is 23.7 Å². The van der Waals surface area contributed by atoms with Gasteiger partial charge >= 0.3 is 0 Å². The second-order valence-electron chi connectivity index (χ2n) is 6.07. The van der Waals surface area contributed by atoms with Crippen molar-refractivity contribution in [2.45, 2.75) is 13.5 Å². The van der Waals surface area contributed by atoms with E-state index in [2.05, 4.69) is 15.3 Å². The molecule has 3 aromatic heterocycles. The Morgan fingerprint density at radius 2 is 1.96 bits per heavy atom. The fourth-order valence-electron chi connectivity index (χ4n) is 2.85. The van der Waals surface area contributed by atoms with E-state index in [4.69, 9.17) is 0 Å². The summed E-state index contributed by atoms with van der Waals surface area (Å²) in [6, 6.07) is 15.5. The molecule has 0 aliphatic rings. The van der Waals surface area contributed by atoms with Crippen LogP contribution in [0.1, 0.15) is 21.5 Å². The Bertz CT molecular complexity index is 1070. The van der Waals surface area contributed by atoms with Gasteiger partial charge in [-0.15, -0.1) is 11.3 Å². The van der Waals surface area contributed by atoms with Crippen LogP contribution in [0, 0.1) is 6.92 Å². The fraction of sp³-hybridized carbons (Fsp3) is 0.0952. The number of amides is 1. The quantitative estimate of drug-likeness (QED) is 0.579. The maximum atomic E-state index is 12.5. The molecule has 4 rings (SSSR count). The van der Waals surface area contributed by atoms with Crippen LogP contribution in [0.25, 0.3) is 21.5 Å². The lowest BCUT2D eigenvalue weighted by Gasteiger charge is -2.08. The Morgan fingerprint density at radius 1 is 1.08 bits per heavy atom. The first-order chi connectivity index (χ1) is 12.7.